The first-order valence-corrected chi connectivity index (χ1v) is 6.60. The van der Waals surface area contributed by atoms with E-state index in [1.54, 1.807) is 29.8 Å². The molecular formula is C16H15NO5. The lowest BCUT2D eigenvalue weighted by Crippen LogP contribution is -2.11. The molecule has 6 nitrogen and oxygen atoms in total. The van der Waals surface area contributed by atoms with Gasteiger partial charge in [0.2, 0.25) is 16.9 Å². The van der Waals surface area contributed by atoms with Crippen molar-refractivity contribution >= 4 is 21.8 Å². The lowest BCUT2D eigenvalue weighted by atomic mass is 10.1. The second-order valence-corrected chi connectivity index (χ2v) is 4.89. The van der Waals surface area contributed by atoms with E-state index in [-0.39, 0.29) is 28.1 Å². The molecule has 0 unspecified atom stereocenters. The highest BCUT2D eigenvalue weighted by Crippen LogP contribution is 2.48. The van der Waals surface area contributed by atoms with Gasteiger partial charge in [0.1, 0.15) is 5.52 Å². The van der Waals surface area contributed by atoms with Gasteiger partial charge in [-0.1, -0.05) is 12.1 Å². The SMILES string of the molecule is COc1c(O)c(OC)c2c(c1O)c(=O)c1ccccc1n2C. The third-order valence-electron chi connectivity index (χ3n) is 3.81. The third-order valence-corrected chi connectivity index (χ3v) is 3.81. The van der Waals surface area contributed by atoms with Crippen molar-refractivity contribution in [2.24, 2.45) is 7.05 Å². The summed E-state index contributed by atoms with van der Waals surface area (Å²) < 4.78 is 11.9. The molecule has 0 fully saturated rings. The van der Waals surface area contributed by atoms with Gasteiger partial charge in [0, 0.05) is 12.4 Å². The van der Waals surface area contributed by atoms with Gasteiger partial charge in [-0.25, -0.2) is 0 Å². The number of fused-ring (bicyclic) bond motifs is 2. The summed E-state index contributed by atoms with van der Waals surface area (Å²) in [5.41, 5.74) is 0.627. The Hall–Kier alpha value is -2.89. The molecule has 0 atom stereocenters. The van der Waals surface area contributed by atoms with Gasteiger partial charge >= 0.3 is 0 Å². The maximum absolute atomic E-state index is 12.7. The molecule has 0 aliphatic rings. The van der Waals surface area contributed by atoms with Crippen LogP contribution in [0, 0.1) is 0 Å². The minimum Gasteiger partial charge on any atom is -0.504 e. The molecule has 0 aliphatic heterocycles. The van der Waals surface area contributed by atoms with Gasteiger partial charge in [-0.3, -0.25) is 4.79 Å². The number of aromatic hydroxyl groups is 2. The van der Waals surface area contributed by atoms with E-state index in [4.69, 9.17) is 9.47 Å². The van der Waals surface area contributed by atoms with Gasteiger partial charge in [0.05, 0.1) is 25.1 Å². The topological polar surface area (TPSA) is 80.9 Å². The maximum Gasteiger partial charge on any atom is 0.207 e. The third kappa shape index (κ3) is 1.64. The average Bonchev–Trinajstić information content (AvgIpc) is 2.52. The van der Waals surface area contributed by atoms with E-state index in [0.717, 1.165) is 0 Å². The van der Waals surface area contributed by atoms with Gasteiger partial charge < -0.3 is 24.3 Å². The highest BCUT2D eigenvalue weighted by atomic mass is 16.5. The van der Waals surface area contributed by atoms with Gasteiger partial charge in [0.25, 0.3) is 0 Å². The van der Waals surface area contributed by atoms with E-state index < -0.39 is 5.75 Å². The number of benzene rings is 2. The molecule has 6 heteroatoms. The first-order chi connectivity index (χ1) is 10.5. The molecule has 0 saturated carbocycles. The molecule has 3 rings (SSSR count). The summed E-state index contributed by atoms with van der Waals surface area (Å²) >= 11 is 0. The van der Waals surface area contributed by atoms with Crippen LogP contribution in [0.3, 0.4) is 0 Å². The second-order valence-electron chi connectivity index (χ2n) is 4.89. The predicted molar refractivity (Wildman–Crippen MR) is 83.1 cm³/mol. The Balaban J connectivity index is 2.73. The van der Waals surface area contributed by atoms with Crippen molar-refractivity contribution in [1.29, 1.82) is 0 Å². The zero-order valence-corrected chi connectivity index (χ0v) is 12.4. The largest absolute Gasteiger partial charge is 0.504 e. The van der Waals surface area contributed by atoms with Crippen LogP contribution in [-0.2, 0) is 7.05 Å². The number of hydrogen-bond donors (Lipinski definition) is 2. The van der Waals surface area contributed by atoms with Crippen molar-refractivity contribution in [2.75, 3.05) is 14.2 Å². The van der Waals surface area contributed by atoms with E-state index in [9.17, 15) is 15.0 Å². The number of pyridine rings is 1. The van der Waals surface area contributed by atoms with Crippen LogP contribution in [0.15, 0.2) is 29.1 Å². The number of phenolic OH excluding ortho intramolecular Hbond substituents is 2. The molecule has 22 heavy (non-hydrogen) atoms. The van der Waals surface area contributed by atoms with E-state index in [1.165, 1.54) is 14.2 Å². The van der Waals surface area contributed by atoms with Gasteiger partial charge in [-0.15, -0.1) is 0 Å². The Morgan fingerprint density at radius 3 is 2.27 bits per heavy atom. The van der Waals surface area contributed by atoms with Crippen molar-refractivity contribution in [1.82, 2.24) is 4.57 Å². The summed E-state index contributed by atoms with van der Waals surface area (Å²) in [7, 11) is 4.41. The van der Waals surface area contributed by atoms with Crippen molar-refractivity contribution < 1.29 is 19.7 Å². The molecule has 0 radical (unpaired) electrons. The molecule has 114 valence electrons. The van der Waals surface area contributed by atoms with Gasteiger partial charge in [0.15, 0.2) is 11.5 Å². The number of methoxy groups -OCH3 is 2. The minimum atomic E-state index is -0.401. The molecular weight excluding hydrogens is 286 g/mol. The molecule has 0 amide bonds. The Bertz CT molecular complexity index is 959. The molecule has 0 spiro atoms. The van der Waals surface area contributed by atoms with Crippen molar-refractivity contribution in [2.45, 2.75) is 0 Å². The number of ether oxygens (including phenoxy) is 2. The Morgan fingerprint density at radius 1 is 1.00 bits per heavy atom. The summed E-state index contributed by atoms with van der Waals surface area (Å²) in [5, 5.41) is 21.1. The minimum absolute atomic E-state index is 0.0488. The highest BCUT2D eigenvalue weighted by Gasteiger charge is 2.25. The standard InChI is InChI=1S/C16H15NO5/c1-17-9-7-5-4-6-8(9)12(18)10-11(17)15(21-2)14(20)16(22-3)13(10)19/h4-7,19-20H,1-3H3. The normalized spacial score (nSPS) is 11.0. The summed E-state index contributed by atoms with van der Waals surface area (Å²) in [6.07, 6.45) is 0. The Labute approximate surface area is 125 Å². The molecule has 1 heterocycles. The molecule has 3 aromatic rings. The highest BCUT2D eigenvalue weighted by molar-refractivity contribution is 6.02. The number of rotatable bonds is 2. The Kier molecular flexibility index (Phi) is 3.09. The van der Waals surface area contributed by atoms with Crippen LogP contribution in [0.4, 0.5) is 0 Å². The van der Waals surface area contributed by atoms with Crippen molar-refractivity contribution in [3.63, 3.8) is 0 Å². The zero-order chi connectivity index (χ0) is 16.0. The maximum atomic E-state index is 12.7. The second kappa shape index (κ2) is 4.84. The number of hydrogen-bond acceptors (Lipinski definition) is 5. The smallest absolute Gasteiger partial charge is 0.207 e. The molecule has 0 saturated heterocycles. The van der Waals surface area contributed by atoms with Gasteiger partial charge in [-0.2, -0.15) is 0 Å². The number of aromatic nitrogens is 1. The summed E-state index contributed by atoms with van der Waals surface area (Å²) in [6, 6.07) is 7.03. The molecule has 2 N–H and O–H groups in total. The summed E-state index contributed by atoms with van der Waals surface area (Å²) in [5.74, 6) is -0.853. The lowest BCUT2D eigenvalue weighted by Gasteiger charge is -2.17. The average molecular weight is 301 g/mol. The summed E-state index contributed by atoms with van der Waals surface area (Å²) in [6.45, 7) is 0. The van der Waals surface area contributed by atoms with Crippen LogP contribution in [0.1, 0.15) is 0 Å². The zero-order valence-electron chi connectivity index (χ0n) is 12.4. The number of nitrogens with zero attached hydrogens (tertiary/aromatic N) is 1. The van der Waals surface area contributed by atoms with E-state index in [2.05, 4.69) is 0 Å². The van der Waals surface area contributed by atoms with Crippen LogP contribution >= 0.6 is 0 Å². The fourth-order valence-corrected chi connectivity index (χ4v) is 2.80. The molecule has 0 aliphatic carbocycles. The molecule has 0 bridgehead atoms. The quantitative estimate of drug-likeness (QED) is 0.709. The van der Waals surface area contributed by atoms with E-state index >= 15 is 0 Å². The van der Waals surface area contributed by atoms with Crippen molar-refractivity contribution in [3.05, 3.63) is 34.5 Å². The molecule has 1 aromatic heterocycles. The Morgan fingerprint density at radius 2 is 1.64 bits per heavy atom. The number of aryl methyl sites for hydroxylation is 1. The first kappa shape index (κ1) is 14.1. The van der Waals surface area contributed by atoms with Crippen LogP contribution < -0.4 is 14.9 Å². The fourth-order valence-electron chi connectivity index (χ4n) is 2.80. The van der Waals surface area contributed by atoms with E-state index in [1.807, 2.05) is 6.07 Å². The van der Waals surface area contributed by atoms with Crippen LogP contribution in [0.5, 0.6) is 23.0 Å². The molecule has 2 aromatic carbocycles. The number of phenols is 2. The monoisotopic (exact) mass is 301 g/mol. The van der Waals surface area contributed by atoms with E-state index in [0.29, 0.717) is 16.4 Å². The lowest BCUT2D eigenvalue weighted by molar-refractivity contribution is 0.326. The fraction of sp³-hybridized carbons (Fsp3) is 0.188. The predicted octanol–water partition coefficient (Wildman–Crippen LogP) is 2.12. The van der Waals surface area contributed by atoms with Crippen LogP contribution in [0.25, 0.3) is 21.8 Å². The number of para-hydroxylation sites is 1. The summed E-state index contributed by atoms with van der Waals surface area (Å²) in [4.78, 5) is 12.7. The first-order valence-electron chi connectivity index (χ1n) is 6.60. The van der Waals surface area contributed by atoms with Crippen molar-refractivity contribution in [3.8, 4) is 23.0 Å². The van der Waals surface area contributed by atoms with Gasteiger partial charge in [-0.05, 0) is 12.1 Å². The van der Waals surface area contributed by atoms with Crippen LogP contribution in [0.2, 0.25) is 0 Å². The van der Waals surface area contributed by atoms with Crippen LogP contribution in [-0.4, -0.2) is 29.0 Å².